The molecule has 0 amide bonds. The maximum absolute atomic E-state index is 12.3. The largest absolute Gasteiger partial charge is 0.507 e. The molecule has 0 aromatic heterocycles. The second kappa shape index (κ2) is 3.93. The molecule has 0 bridgehead atoms. The Morgan fingerprint density at radius 1 is 1.36 bits per heavy atom. The van der Waals surface area contributed by atoms with E-state index in [1.54, 1.807) is 22.6 Å². The first-order valence-corrected chi connectivity index (χ1v) is 4.72. The number of aromatic hydroxyl groups is 1. The number of alkyl halides is 3. The lowest BCUT2D eigenvalue weighted by Crippen LogP contribution is -2.08. The summed E-state index contributed by atoms with van der Waals surface area (Å²) in [6.45, 7) is -0.119. The van der Waals surface area contributed by atoms with E-state index in [4.69, 9.17) is 5.73 Å². The second-order valence-corrected chi connectivity index (χ2v) is 3.83. The van der Waals surface area contributed by atoms with Crippen LogP contribution in [0.2, 0.25) is 0 Å². The van der Waals surface area contributed by atoms with Crippen LogP contribution in [0.15, 0.2) is 12.1 Å². The van der Waals surface area contributed by atoms with Crippen molar-refractivity contribution in [3.8, 4) is 5.75 Å². The van der Waals surface area contributed by atoms with E-state index in [0.29, 0.717) is 0 Å². The highest BCUT2D eigenvalue weighted by Gasteiger charge is 2.31. The molecule has 0 unspecified atom stereocenters. The van der Waals surface area contributed by atoms with Crippen molar-refractivity contribution in [3.05, 3.63) is 26.8 Å². The van der Waals surface area contributed by atoms with E-state index in [9.17, 15) is 18.3 Å². The first-order valence-electron chi connectivity index (χ1n) is 3.65. The summed E-state index contributed by atoms with van der Waals surface area (Å²) < 4.78 is 37.0. The molecular formula is C8H7F3INO. The second-order valence-electron chi connectivity index (χ2n) is 2.67. The van der Waals surface area contributed by atoms with Gasteiger partial charge in [0.25, 0.3) is 0 Å². The van der Waals surface area contributed by atoms with E-state index in [2.05, 4.69) is 0 Å². The van der Waals surface area contributed by atoms with Gasteiger partial charge >= 0.3 is 6.18 Å². The summed E-state index contributed by atoms with van der Waals surface area (Å²) in [4.78, 5) is 0. The zero-order valence-electron chi connectivity index (χ0n) is 6.90. The minimum absolute atomic E-state index is 0.101. The van der Waals surface area contributed by atoms with Crippen molar-refractivity contribution < 1.29 is 18.3 Å². The molecule has 78 valence electrons. The molecule has 0 aliphatic rings. The highest BCUT2D eigenvalue weighted by Crippen LogP contribution is 2.34. The van der Waals surface area contributed by atoms with Crippen LogP contribution in [0.25, 0.3) is 0 Å². The fourth-order valence-electron chi connectivity index (χ4n) is 0.975. The van der Waals surface area contributed by atoms with E-state index in [0.717, 1.165) is 12.1 Å². The van der Waals surface area contributed by atoms with Gasteiger partial charge in [0.15, 0.2) is 0 Å². The number of phenols is 1. The average Bonchev–Trinajstić information content (AvgIpc) is 2.07. The zero-order chi connectivity index (χ0) is 10.9. The van der Waals surface area contributed by atoms with Crippen molar-refractivity contribution in [1.82, 2.24) is 0 Å². The minimum Gasteiger partial charge on any atom is -0.507 e. The van der Waals surface area contributed by atoms with Gasteiger partial charge in [-0.3, -0.25) is 0 Å². The van der Waals surface area contributed by atoms with Gasteiger partial charge in [-0.2, -0.15) is 13.2 Å². The third-order valence-electron chi connectivity index (χ3n) is 1.69. The summed E-state index contributed by atoms with van der Waals surface area (Å²) in [7, 11) is 0. The Kier molecular flexibility index (Phi) is 3.25. The standard InChI is InChI=1S/C8H7F3INO/c9-8(10,11)5-1-4(3-13)7(14)6(12)2-5/h1-2,14H,3,13H2. The molecule has 0 fully saturated rings. The Balaban J connectivity index is 3.30. The number of halogens is 4. The summed E-state index contributed by atoms with van der Waals surface area (Å²) in [5.74, 6) is -0.180. The number of hydrogen-bond acceptors (Lipinski definition) is 2. The maximum atomic E-state index is 12.3. The van der Waals surface area contributed by atoms with Crippen LogP contribution in [0, 0.1) is 3.57 Å². The Hall–Kier alpha value is -0.500. The van der Waals surface area contributed by atoms with Crippen molar-refractivity contribution >= 4 is 22.6 Å². The van der Waals surface area contributed by atoms with Crippen LogP contribution in [0.5, 0.6) is 5.75 Å². The molecule has 2 nitrogen and oxygen atoms in total. The van der Waals surface area contributed by atoms with Gasteiger partial charge in [-0.15, -0.1) is 0 Å². The van der Waals surface area contributed by atoms with E-state index in [1.807, 2.05) is 0 Å². The van der Waals surface area contributed by atoms with Crippen LogP contribution < -0.4 is 5.73 Å². The predicted octanol–water partition coefficient (Wildman–Crippen LogP) is 2.47. The number of nitrogens with two attached hydrogens (primary N) is 1. The number of rotatable bonds is 1. The van der Waals surface area contributed by atoms with E-state index >= 15 is 0 Å². The Bertz CT molecular complexity index is 351. The van der Waals surface area contributed by atoms with Gasteiger partial charge in [0.05, 0.1) is 9.13 Å². The molecule has 0 atom stereocenters. The monoisotopic (exact) mass is 317 g/mol. The van der Waals surface area contributed by atoms with Crippen LogP contribution in [0.1, 0.15) is 11.1 Å². The lowest BCUT2D eigenvalue weighted by molar-refractivity contribution is -0.137. The molecule has 0 aliphatic carbocycles. The molecule has 0 aliphatic heterocycles. The van der Waals surface area contributed by atoms with Crippen molar-refractivity contribution in [2.45, 2.75) is 12.7 Å². The number of phenolic OH excluding ortho intramolecular Hbond substituents is 1. The van der Waals surface area contributed by atoms with E-state index in [-0.39, 0.29) is 21.4 Å². The van der Waals surface area contributed by atoms with Crippen molar-refractivity contribution in [2.24, 2.45) is 5.73 Å². The van der Waals surface area contributed by atoms with E-state index < -0.39 is 11.7 Å². The minimum atomic E-state index is -4.41. The van der Waals surface area contributed by atoms with Crippen LogP contribution in [-0.2, 0) is 12.7 Å². The first-order chi connectivity index (χ1) is 6.36. The van der Waals surface area contributed by atoms with Gasteiger partial charge < -0.3 is 10.8 Å². The number of benzene rings is 1. The fourth-order valence-corrected chi connectivity index (χ4v) is 1.66. The molecule has 1 rings (SSSR count). The summed E-state index contributed by atoms with van der Waals surface area (Å²) >= 11 is 1.63. The summed E-state index contributed by atoms with van der Waals surface area (Å²) in [5.41, 5.74) is 4.51. The van der Waals surface area contributed by atoms with Gasteiger partial charge in [-0.05, 0) is 34.7 Å². The van der Waals surface area contributed by atoms with Crippen molar-refractivity contribution in [3.63, 3.8) is 0 Å². The molecule has 3 N–H and O–H groups in total. The Morgan fingerprint density at radius 3 is 2.36 bits per heavy atom. The SMILES string of the molecule is NCc1cc(C(F)(F)F)cc(I)c1O. The molecule has 0 heterocycles. The van der Waals surface area contributed by atoms with Crippen molar-refractivity contribution in [1.29, 1.82) is 0 Å². The molecule has 14 heavy (non-hydrogen) atoms. The van der Waals surface area contributed by atoms with Crippen molar-refractivity contribution in [2.75, 3.05) is 0 Å². The highest BCUT2D eigenvalue weighted by atomic mass is 127. The fraction of sp³-hybridized carbons (Fsp3) is 0.250. The predicted molar refractivity (Wildman–Crippen MR) is 53.7 cm³/mol. The maximum Gasteiger partial charge on any atom is 0.416 e. The lowest BCUT2D eigenvalue weighted by atomic mass is 10.1. The summed E-state index contributed by atoms with van der Waals surface area (Å²) in [5, 5.41) is 9.33. The molecule has 0 radical (unpaired) electrons. The molecule has 0 saturated heterocycles. The van der Waals surface area contributed by atoms with Crippen LogP contribution >= 0.6 is 22.6 Å². The lowest BCUT2D eigenvalue weighted by Gasteiger charge is -2.10. The first kappa shape index (κ1) is 11.6. The van der Waals surface area contributed by atoms with Gasteiger partial charge in [-0.25, -0.2) is 0 Å². The Labute approximate surface area is 92.1 Å². The Morgan fingerprint density at radius 2 is 1.93 bits per heavy atom. The molecular weight excluding hydrogens is 310 g/mol. The normalized spacial score (nSPS) is 11.8. The molecule has 0 saturated carbocycles. The summed E-state index contributed by atoms with van der Waals surface area (Å²) in [6, 6.07) is 1.74. The number of hydrogen-bond donors (Lipinski definition) is 2. The molecule has 1 aromatic carbocycles. The van der Waals surface area contributed by atoms with E-state index in [1.165, 1.54) is 0 Å². The molecule has 1 aromatic rings. The van der Waals surface area contributed by atoms with Crippen LogP contribution in [0.3, 0.4) is 0 Å². The highest BCUT2D eigenvalue weighted by molar-refractivity contribution is 14.1. The molecule has 6 heteroatoms. The van der Waals surface area contributed by atoms with Gasteiger partial charge in [0, 0.05) is 12.1 Å². The van der Waals surface area contributed by atoms with Crippen LogP contribution in [0.4, 0.5) is 13.2 Å². The van der Waals surface area contributed by atoms with Gasteiger partial charge in [0.1, 0.15) is 5.75 Å². The van der Waals surface area contributed by atoms with Gasteiger partial charge in [-0.1, -0.05) is 0 Å². The average molecular weight is 317 g/mol. The topological polar surface area (TPSA) is 46.2 Å². The smallest absolute Gasteiger partial charge is 0.416 e. The zero-order valence-corrected chi connectivity index (χ0v) is 9.06. The van der Waals surface area contributed by atoms with Crippen LogP contribution in [-0.4, -0.2) is 5.11 Å². The third-order valence-corrected chi connectivity index (χ3v) is 2.51. The summed E-state index contributed by atoms with van der Waals surface area (Å²) in [6.07, 6.45) is -4.41. The van der Waals surface area contributed by atoms with Gasteiger partial charge in [0.2, 0.25) is 0 Å². The molecule has 0 spiro atoms. The third kappa shape index (κ3) is 2.30. The quantitative estimate of drug-likeness (QED) is 0.782.